The van der Waals surface area contributed by atoms with Crippen molar-refractivity contribution in [3.63, 3.8) is 0 Å². The van der Waals surface area contributed by atoms with Crippen molar-refractivity contribution in [2.45, 2.75) is 18.8 Å². The number of imidazole rings is 1. The van der Waals surface area contributed by atoms with Gasteiger partial charge in [-0.25, -0.2) is 4.98 Å². The van der Waals surface area contributed by atoms with Crippen LogP contribution in [0.3, 0.4) is 0 Å². The number of piperazine rings is 1. The van der Waals surface area contributed by atoms with Crippen molar-refractivity contribution in [2.24, 2.45) is 0 Å². The molecule has 1 atom stereocenters. The van der Waals surface area contributed by atoms with E-state index < -0.39 is 18.5 Å². The topological polar surface area (TPSA) is 41.4 Å². The van der Waals surface area contributed by atoms with Gasteiger partial charge < -0.3 is 14.4 Å². The third-order valence-corrected chi connectivity index (χ3v) is 5.29. The highest BCUT2D eigenvalue weighted by molar-refractivity contribution is 5.81. The summed E-state index contributed by atoms with van der Waals surface area (Å²) in [5, 5.41) is 0. The predicted octanol–water partition coefficient (Wildman–Crippen LogP) is 3.57. The van der Waals surface area contributed by atoms with Crippen molar-refractivity contribution >= 4 is 16.9 Å². The number of nitrogens with zero attached hydrogens (tertiary/aromatic N) is 4. The molecule has 0 radical (unpaired) electrons. The SMILES string of the molecule is CN1CCN(C(=O)Cn2c(C(F)(F)F)nc3ccccc32)[C@H](c2ccccc2)C1. The molecule has 2 heterocycles. The number of benzene rings is 2. The first-order chi connectivity index (χ1) is 13.8. The fourth-order valence-corrected chi connectivity index (χ4v) is 3.86. The monoisotopic (exact) mass is 402 g/mol. The molecule has 1 amide bonds. The highest BCUT2D eigenvalue weighted by Crippen LogP contribution is 2.32. The van der Waals surface area contributed by atoms with Crippen LogP contribution in [0.4, 0.5) is 13.2 Å². The Morgan fingerprint density at radius 2 is 1.76 bits per heavy atom. The first-order valence-corrected chi connectivity index (χ1v) is 9.40. The highest BCUT2D eigenvalue weighted by Gasteiger charge is 2.39. The summed E-state index contributed by atoms with van der Waals surface area (Å²) in [5.74, 6) is -1.39. The maximum absolute atomic E-state index is 13.6. The number of aromatic nitrogens is 2. The quantitative estimate of drug-likeness (QED) is 0.673. The van der Waals surface area contributed by atoms with Crippen molar-refractivity contribution in [3.8, 4) is 0 Å². The van der Waals surface area contributed by atoms with Crippen LogP contribution in [-0.4, -0.2) is 51.9 Å². The van der Waals surface area contributed by atoms with Gasteiger partial charge in [0.05, 0.1) is 17.1 Å². The van der Waals surface area contributed by atoms with Gasteiger partial charge in [-0.05, 0) is 24.7 Å². The number of carbonyl (C=O) groups is 1. The molecule has 1 aromatic heterocycles. The maximum atomic E-state index is 13.6. The second-order valence-electron chi connectivity index (χ2n) is 7.28. The van der Waals surface area contributed by atoms with Crippen molar-refractivity contribution < 1.29 is 18.0 Å². The van der Waals surface area contributed by atoms with Crippen LogP contribution in [0.5, 0.6) is 0 Å². The molecule has 1 fully saturated rings. The number of hydrogen-bond donors (Lipinski definition) is 0. The summed E-state index contributed by atoms with van der Waals surface area (Å²) in [7, 11) is 1.98. The van der Waals surface area contributed by atoms with E-state index in [1.807, 2.05) is 37.4 Å². The minimum absolute atomic E-state index is 0.202. The Hall–Kier alpha value is -2.87. The molecule has 1 saturated heterocycles. The standard InChI is InChI=1S/C21H21F3N4O/c1-26-11-12-27(18(13-26)15-7-3-2-4-8-15)19(29)14-28-17-10-6-5-9-16(17)25-20(28)21(22,23)24/h2-10,18H,11-14H2,1H3/t18-/m0/s1. The number of likely N-dealkylation sites (N-methyl/N-ethyl adjacent to an activating group) is 1. The summed E-state index contributed by atoms with van der Waals surface area (Å²) in [5.41, 5.74) is 1.50. The van der Waals surface area contributed by atoms with Crippen molar-refractivity contribution in [3.05, 3.63) is 66.0 Å². The average molecular weight is 402 g/mol. The van der Waals surface area contributed by atoms with Crippen molar-refractivity contribution in [2.75, 3.05) is 26.7 Å². The lowest BCUT2D eigenvalue weighted by Crippen LogP contribution is -2.50. The Morgan fingerprint density at radius 1 is 1.07 bits per heavy atom. The Balaban J connectivity index is 1.68. The number of amides is 1. The first-order valence-electron chi connectivity index (χ1n) is 9.40. The summed E-state index contributed by atoms with van der Waals surface area (Å²) in [6.07, 6.45) is -4.64. The van der Waals surface area contributed by atoms with Gasteiger partial charge in [0.15, 0.2) is 0 Å². The van der Waals surface area contributed by atoms with Gasteiger partial charge in [-0.15, -0.1) is 0 Å². The van der Waals surface area contributed by atoms with E-state index in [2.05, 4.69) is 9.88 Å². The third kappa shape index (κ3) is 3.85. The maximum Gasteiger partial charge on any atom is 0.449 e. The molecule has 0 N–H and O–H groups in total. The van der Waals surface area contributed by atoms with E-state index in [-0.39, 0.29) is 17.5 Å². The molecule has 152 valence electrons. The van der Waals surface area contributed by atoms with Gasteiger partial charge in [0.2, 0.25) is 11.7 Å². The zero-order chi connectivity index (χ0) is 20.6. The van der Waals surface area contributed by atoms with Crippen LogP contribution in [0.25, 0.3) is 11.0 Å². The molecular weight excluding hydrogens is 381 g/mol. The lowest BCUT2D eigenvalue weighted by Gasteiger charge is -2.40. The molecule has 29 heavy (non-hydrogen) atoms. The normalized spacial score (nSPS) is 18.3. The number of hydrogen-bond acceptors (Lipinski definition) is 3. The molecule has 2 aromatic carbocycles. The summed E-state index contributed by atoms with van der Waals surface area (Å²) in [6, 6.07) is 15.7. The zero-order valence-corrected chi connectivity index (χ0v) is 15.9. The van der Waals surface area contributed by atoms with Crippen LogP contribution in [0.2, 0.25) is 0 Å². The summed E-state index contributed by atoms with van der Waals surface area (Å²) >= 11 is 0. The van der Waals surface area contributed by atoms with E-state index in [0.717, 1.165) is 10.1 Å². The van der Waals surface area contributed by atoms with E-state index >= 15 is 0 Å². The molecule has 0 bridgehead atoms. The lowest BCUT2D eigenvalue weighted by molar-refractivity contribution is -0.148. The van der Waals surface area contributed by atoms with Gasteiger partial charge in [0.1, 0.15) is 6.54 Å². The van der Waals surface area contributed by atoms with Crippen LogP contribution in [-0.2, 0) is 17.5 Å². The largest absolute Gasteiger partial charge is 0.449 e. The first kappa shape index (κ1) is 19.4. The van der Waals surface area contributed by atoms with Gasteiger partial charge in [0.25, 0.3) is 0 Å². The lowest BCUT2D eigenvalue weighted by atomic mass is 10.0. The Kier molecular flexibility index (Phi) is 5.04. The Bertz CT molecular complexity index is 1020. The van der Waals surface area contributed by atoms with Gasteiger partial charge in [-0.1, -0.05) is 42.5 Å². The molecule has 0 aliphatic carbocycles. The number of fused-ring (bicyclic) bond motifs is 1. The molecule has 5 nitrogen and oxygen atoms in total. The number of alkyl halides is 3. The fourth-order valence-electron chi connectivity index (χ4n) is 3.86. The summed E-state index contributed by atoms with van der Waals surface area (Å²) in [4.78, 5) is 20.7. The molecule has 0 unspecified atom stereocenters. The van der Waals surface area contributed by atoms with Crippen LogP contribution < -0.4 is 0 Å². The predicted molar refractivity (Wildman–Crippen MR) is 103 cm³/mol. The second kappa shape index (κ2) is 7.51. The van der Waals surface area contributed by atoms with Crippen LogP contribution >= 0.6 is 0 Å². The Morgan fingerprint density at radius 3 is 2.48 bits per heavy atom. The zero-order valence-electron chi connectivity index (χ0n) is 15.9. The number of carbonyl (C=O) groups excluding carboxylic acids is 1. The van der Waals surface area contributed by atoms with Gasteiger partial charge in [-0.2, -0.15) is 13.2 Å². The molecule has 1 aliphatic rings. The molecule has 8 heteroatoms. The van der Waals surface area contributed by atoms with Crippen molar-refractivity contribution in [1.82, 2.24) is 19.4 Å². The number of halogens is 3. The number of rotatable bonds is 3. The van der Waals surface area contributed by atoms with Crippen molar-refractivity contribution in [1.29, 1.82) is 0 Å². The summed E-state index contributed by atoms with van der Waals surface area (Å²) < 4.78 is 41.7. The second-order valence-corrected chi connectivity index (χ2v) is 7.28. The molecule has 4 rings (SSSR count). The number of para-hydroxylation sites is 2. The van der Waals surface area contributed by atoms with Gasteiger partial charge >= 0.3 is 6.18 Å². The average Bonchev–Trinajstić information content (AvgIpc) is 3.07. The third-order valence-electron chi connectivity index (χ3n) is 5.29. The minimum atomic E-state index is -4.64. The molecule has 3 aromatic rings. The minimum Gasteiger partial charge on any atom is -0.332 e. The molecule has 0 saturated carbocycles. The molecule has 0 spiro atoms. The van der Waals surface area contributed by atoms with Gasteiger partial charge in [0, 0.05) is 19.6 Å². The van der Waals surface area contributed by atoms with Gasteiger partial charge in [-0.3, -0.25) is 4.79 Å². The van der Waals surface area contributed by atoms with Crippen LogP contribution in [0.1, 0.15) is 17.4 Å². The van der Waals surface area contributed by atoms with E-state index in [9.17, 15) is 18.0 Å². The van der Waals surface area contributed by atoms with Crippen LogP contribution in [0, 0.1) is 0 Å². The van der Waals surface area contributed by atoms with E-state index in [0.29, 0.717) is 25.2 Å². The highest BCUT2D eigenvalue weighted by atomic mass is 19.4. The Labute approximate surface area is 166 Å². The van der Waals surface area contributed by atoms with E-state index in [4.69, 9.17) is 0 Å². The fraction of sp³-hybridized carbons (Fsp3) is 0.333. The smallest absolute Gasteiger partial charge is 0.332 e. The molecule has 1 aliphatic heterocycles. The van der Waals surface area contributed by atoms with Crippen LogP contribution in [0.15, 0.2) is 54.6 Å². The van der Waals surface area contributed by atoms with E-state index in [1.54, 1.807) is 23.1 Å². The summed E-state index contributed by atoms with van der Waals surface area (Å²) in [6.45, 7) is 1.36. The molecular formula is C21H21F3N4O. The van der Waals surface area contributed by atoms with E-state index in [1.165, 1.54) is 6.07 Å².